The van der Waals surface area contributed by atoms with Gasteiger partial charge in [-0.3, -0.25) is 4.79 Å². The number of benzene rings is 1. The standard InChI is InChI=1S/C18H22N2O3/c1-13(2)10-15(21)12-20-18(22)14-8-9-17(19-11-14)23-16-6-4-3-5-7-16/h3-9,11,13,15,21H,10,12H2,1-2H3,(H,20,22). The zero-order chi connectivity index (χ0) is 16.7. The van der Waals surface area contributed by atoms with Crippen LogP contribution in [0.2, 0.25) is 0 Å². The zero-order valence-electron chi connectivity index (χ0n) is 13.4. The number of nitrogens with one attached hydrogen (secondary N) is 1. The van der Waals surface area contributed by atoms with Gasteiger partial charge in [0.25, 0.3) is 5.91 Å². The third-order valence-electron chi connectivity index (χ3n) is 3.21. The molecule has 2 aromatic rings. The molecule has 0 aliphatic carbocycles. The minimum Gasteiger partial charge on any atom is -0.439 e. The van der Waals surface area contributed by atoms with Crippen LogP contribution in [-0.2, 0) is 0 Å². The fourth-order valence-corrected chi connectivity index (χ4v) is 2.12. The van der Waals surface area contributed by atoms with Crippen molar-refractivity contribution in [2.75, 3.05) is 6.54 Å². The predicted octanol–water partition coefficient (Wildman–Crippen LogP) is 3.01. The molecule has 5 nitrogen and oxygen atoms in total. The predicted molar refractivity (Wildman–Crippen MR) is 88.5 cm³/mol. The number of carbonyl (C=O) groups excluding carboxylic acids is 1. The Morgan fingerprint density at radius 1 is 1.22 bits per heavy atom. The molecule has 2 N–H and O–H groups in total. The van der Waals surface area contributed by atoms with Gasteiger partial charge in [0.05, 0.1) is 11.7 Å². The summed E-state index contributed by atoms with van der Waals surface area (Å²) in [7, 11) is 0. The van der Waals surface area contributed by atoms with Crippen LogP contribution in [0.25, 0.3) is 0 Å². The number of hydrogen-bond acceptors (Lipinski definition) is 4. The molecule has 0 saturated heterocycles. The number of aliphatic hydroxyl groups excluding tert-OH is 1. The summed E-state index contributed by atoms with van der Waals surface area (Å²) in [5.74, 6) is 1.24. The first-order valence-corrected chi connectivity index (χ1v) is 7.70. The van der Waals surface area contributed by atoms with Crippen molar-refractivity contribution in [2.45, 2.75) is 26.4 Å². The number of pyridine rings is 1. The zero-order valence-corrected chi connectivity index (χ0v) is 13.4. The van der Waals surface area contributed by atoms with Gasteiger partial charge in [0.2, 0.25) is 5.88 Å². The number of para-hydroxylation sites is 1. The number of ether oxygens (including phenoxy) is 1. The van der Waals surface area contributed by atoms with Crippen molar-refractivity contribution < 1.29 is 14.6 Å². The van der Waals surface area contributed by atoms with E-state index >= 15 is 0 Å². The summed E-state index contributed by atoms with van der Waals surface area (Å²) in [5, 5.41) is 12.5. The molecule has 0 aliphatic heterocycles. The highest BCUT2D eigenvalue weighted by Crippen LogP contribution is 2.18. The largest absolute Gasteiger partial charge is 0.439 e. The number of rotatable bonds is 7. The fourth-order valence-electron chi connectivity index (χ4n) is 2.12. The molecule has 2 rings (SSSR count). The van der Waals surface area contributed by atoms with Gasteiger partial charge >= 0.3 is 0 Å². The maximum atomic E-state index is 12.0. The lowest BCUT2D eigenvalue weighted by Gasteiger charge is -2.13. The lowest BCUT2D eigenvalue weighted by atomic mass is 10.1. The van der Waals surface area contributed by atoms with Crippen LogP contribution in [0, 0.1) is 5.92 Å². The Hall–Kier alpha value is -2.40. The molecule has 1 aromatic carbocycles. The van der Waals surface area contributed by atoms with Crippen LogP contribution in [0.3, 0.4) is 0 Å². The van der Waals surface area contributed by atoms with Crippen LogP contribution >= 0.6 is 0 Å². The Labute approximate surface area is 136 Å². The minimum atomic E-state index is -0.535. The summed E-state index contributed by atoms with van der Waals surface area (Å²) in [6, 6.07) is 12.6. The number of amides is 1. The van der Waals surface area contributed by atoms with E-state index in [-0.39, 0.29) is 12.5 Å². The smallest absolute Gasteiger partial charge is 0.252 e. The normalized spacial score (nSPS) is 12.0. The molecule has 1 atom stereocenters. The van der Waals surface area contributed by atoms with Gasteiger partial charge in [-0.1, -0.05) is 32.0 Å². The summed E-state index contributed by atoms with van der Waals surface area (Å²) < 4.78 is 5.57. The number of aliphatic hydroxyl groups is 1. The van der Waals surface area contributed by atoms with Crippen molar-refractivity contribution in [2.24, 2.45) is 5.92 Å². The fraction of sp³-hybridized carbons (Fsp3) is 0.333. The van der Waals surface area contributed by atoms with Crippen molar-refractivity contribution in [3.05, 3.63) is 54.2 Å². The maximum Gasteiger partial charge on any atom is 0.252 e. The van der Waals surface area contributed by atoms with Crippen molar-refractivity contribution in [3.8, 4) is 11.6 Å². The maximum absolute atomic E-state index is 12.0. The van der Waals surface area contributed by atoms with Gasteiger partial charge in [-0.05, 0) is 30.5 Å². The molecular formula is C18H22N2O3. The molecule has 0 saturated carbocycles. The van der Waals surface area contributed by atoms with Crippen LogP contribution in [0.4, 0.5) is 0 Å². The molecule has 1 aromatic heterocycles. The molecule has 0 radical (unpaired) electrons. The summed E-state index contributed by atoms with van der Waals surface area (Å²) in [6.07, 6.45) is 1.58. The van der Waals surface area contributed by atoms with Crippen LogP contribution in [0.5, 0.6) is 11.6 Å². The highest BCUT2D eigenvalue weighted by atomic mass is 16.5. The lowest BCUT2D eigenvalue weighted by molar-refractivity contribution is 0.0900. The van der Waals surface area contributed by atoms with Crippen molar-refractivity contribution in [3.63, 3.8) is 0 Å². The summed E-state index contributed by atoms with van der Waals surface area (Å²) in [6.45, 7) is 4.29. The van der Waals surface area contributed by atoms with Crippen LogP contribution in [0.1, 0.15) is 30.6 Å². The molecule has 5 heteroatoms. The van der Waals surface area contributed by atoms with E-state index in [9.17, 15) is 9.90 Å². The molecule has 0 bridgehead atoms. The van der Waals surface area contributed by atoms with Crippen LogP contribution in [-0.4, -0.2) is 28.6 Å². The monoisotopic (exact) mass is 314 g/mol. The average Bonchev–Trinajstić information content (AvgIpc) is 2.54. The molecule has 1 unspecified atom stereocenters. The van der Waals surface area contributed by atoms with E-state index in [0.29, 0.717) is 29.5 Å². The highest BCUT2D eigenvalue weighted by molar-refractivity contribution is 5.93. The van der Waals surface area contributed by atoms with E-state index < -0.39 is 6.10 Å². The molecular weight excluding hydrogens is 292 g/mol. The first kappa shape index (κ1) is 17.0. The summed E-state index contributed by atoms with van der Waals surface area (Å²) in [5.41, 5.74) is 0.433. The number of carbonyl (C=O) groups is 1. The second-order valence-corrected chi connectivity index (χ2v) is 5.79. The molecule has 0 aliphatic rings. The third-order valence-corrected chi connectivity index (χ3v) is 3.21. The minimum absolute atomic E-state index is 0.235. The molecule has 1 amide bonds. The Kier molecular flexibility index (Phi) is 6.11. The van der Waals surface area contributed by atoms with Crippen molar-refractivity contribution in [1.29, 1.82) is 0 Å². The van der Waals surface area contributed by atoms with Gasteiger partial charge < -0.3 is 15.2 Å². The molecule has 0 spiro atoms. The second kappa shape index (κ2) is 8.29. The van der Waals surface area contributed by atoms with E-state index in [1.165, 1.54) is 6.20 Å². The number of aromatic nitrogens is 1. The first-order chi connectivity index (χ1) is 11.0. The summed E-state index contributed by atoms with van der Waals surface area (Å²) >= 11 is 0. The molecule has 1 heterocycles. The quantitative estimate of drug-likeness (QED) is 0.824. The van der Waals surface area contributed by atoms with Gasteiger partial charge in [-0.2, -0.15) is 0 Å². The van der Waals surface area contributed by atoms with Gasteiger partial charge in [-0.25, -0.2) is 4.98 Å². The third kappa shape index (κ3) is 5.71. The van der Waals surface area contributed by atoms with Crippen molar-refractivity contribution >= 4 is 5.91 Å². The van der Waals surface area contributed by atoms with Crippen LogP contribution < -0.4 is 10.1 Å². The number of hydrogen-bond donors (Lipinski definition) is 2. The van der Waals surface area contributed by atoms with E-state index in [4.69, 9.17) is 4.74 Å². The van der Waals surface area contributed by atoms with Gasteiger partial charge in [0.1, 0.15) is 5.75 Å². The molecule has 23 heavy (non-hydrogen) atoms. The number of nitrogens with zero attached hydrogens (tertiary/aromatic N) is 1. The first-order valence-electron chi connectivity index (χ1n) is 7.70. The highest BCUT2D eigenvalue weighted by Gasteiger charge is 2.11. The molecule has 122 valence electrons. The van der Waals surface area contributed by atoms with E-state index in [1.807, 2.05) is 44.2 Å². The van der Waals surface area contributed by atoms with Gasteiger partial charge in [0, 0.05) is 18.8 Å². The van der Waals surface area contributed by atoms with Crippen molar-refractivity contribution in [1.82, 2.24) is 10.3 Å². The topological polar surface area (TPSA) is 71.5 Å². The van der Waals surface area contributed by atoms with E-state index in [1.54, 1.807) is 12.1 Å². The lowest BCUT2D eigenvalue weighted by Crippen LogP contribution is -2.32. The average molecular weight is 314 g/mol. The Morgan fingerprint density at radius 3 is 2.57 bits per heavy atom. The van der Waals surface area contributed by atoms with E-state index in [0.717, 1.165) is 0 Å². The van der Waals surface area contributed by atoms with Gasteiger partial charge in [-0.15, -0.1) is 0 Å². The van der Waals surface area contributed by atoms with Gasteiger partial charge in [0.15, 0.2) is 0 Å². The second-order valence-electron chi connectivity index (χ2n) is 5.79. The SMILES string of the molecule is CC(C)CC(O)CNC(=O)c1ccc(Oc2ccccc2)nc1. The Balaban J connectivity index is 1.87. The summed E-state index contributed by atoms with van der Waals surface area (Å²) in [4.78, 5) is 16.1. The van der Waals surface area contributed by atoms with E-state index in [2.05, 4.69) is 10.3 Å². The molecule has 0 fully saturated rings. The Bertz CT molecular complexity index is 612. The van der Waals surface area contributed by atoms with Crippen LogP contribution in [0.15, 0.2) is 48.7 Å². The Morgan fingerprint density at radius 2 is 1.96 bits per heavy atom.